The van der Waals surface area contributed by atoms with Crippen molar-refractivity contribution >= 4 is 19.9 Å². The molecule has 1 heterocycles. The number of fused-ring (bicyclic) bond motifs is 2. The number of ether oxygens (including phenoxy) is 1. The fraction of sp³-hybridized carbons (Fsp3) is 0.552. The van der Waals surface area contributed by atoms with Crippen molar-refractivity contribution in [3.05, 3.63) is 59.4 Å². The van der Waals surface area contributed by atoms with E-state index in [2.05, 4.69) is 43.9 Å². The van der Waals surface area contributed by atoms with Crippen LogP contribution in [0.25, 0.3) is 0 Å². The third-order valence-electron chi connectivity index (χ3n) is 8.22. The molecule has 0 fully saturated rings. The van der Waals surface area contributed by atoms with Crippen molar-refractivity contribution in [3.8, 4) is 5.88 Å². The number of Topliss-reactive ketones (excluding diaryl/α,β-unsaturated/α-hetero) is 1. The highest BCUT2D eigenvalue weighted by Gasteiger charge is 2.67. The Morgan fingerprint density at radius 1 is 1.08 bits per heavy atom. The molecule has 0 saturated heterocycles. The van der Waals surface area contributed by atoms with Gasteiger partial charge in [0.05, 0.1) is 6.04 Å². The maximum absolute atomic E-state index is 14.7. The van der Waals surface area contributed by atoms with Gasteiger partial charge >= 0.3 is 0 Å². The molecule has 1 aromatic heterocycles. The second kappa shape index (κ2) is 10.2. The lowest BCUT2D eigenvalue weighted by atomic mass is 9.61. The Morgan fingerprint density at radius 3 is 2.32 bits per heavy atom. The van der Waals surface area contributed by atoms with E-state index in [0.717, 1.165) is 5.56 Å². The third kappa shape index (κ3) is 4.81. The molecule has 38 heavy (non-hydrogen) atoms. The number of carbonyl (C=O) groups excluding carboxylic acids is 2. The molecule has 0 radical (unpaired) electrons. The second-order valence-electron chi connectivity index (χ2n) is 12.5. The van der Waals surface area contributed by atoms with Gasteiger partial charge in [-0.15, -0.1) is 0 Å². The highest BCUT2D eigenvalue weighted by atomic mass is 28.4. The van der Waals surface area contributed by atoms with Crippen molar-refractivity contribution in [1.29, 1.82) is 0 Å². The van der Waals surface area contributed by atoms with Gasteiger partial charge in [0.15, 0.2) is 25.5 Å². The summed E-state index contributed by atoms with van der Waals surface area (Å²) in [5.74, 6) is -0.835. The van der Waals surface area contributed by atoms with Crippen LogP contribution in [0, 0.1) is 11.8 Å². The van der Waals surface area contributed by atoms with Crippen molar-refractivity contribution < 1.29 is 23.3 Å². The van der Waals surface area contributed by atoms with Gasteiger partial charge in [0.2, 0.25) is 5.78 Å². The van der Waals surface area contributed by atoms with Gasteiger partial charge in [0, 0.05) is 12.5 Å². The number of nitrogens with zero attached hydrogens (tertiary/aromatic N) is 3. The fourth-order valence-corrected chi connectivity index (χ4v) is 6.82. The van der Waals surface area contributed by atoms with Crippen LogP contribution in [0.4, 0.5) is 0 Å². The lowest BCUT2D eigenvalue weighted by molar-refractivity contribution is -0.138. The van der Waals surface area contributed by atoms with E-state index < -0.39 is 31.7 Å². The summed E-state index contributed by atoms with van der Waals surface area (Å²) in [7, 11) is 5.24. The van der Waals surface area contributed by atoms with Crippen molar-refractivity contribution in [2.24, 2.45) is 11.8 Å². The van der Waals surface area contributed by atoms with Crippen LogP contribution in [-0.2, 0) is 15.8 Å². The number of rotatable bonds is 8. The summed E-state index contributed by atoms with van der Waals surface area (Å²) >= 11 is 0. The summed E-state index contributed by atoms with van der Waals surface area (Å²) in [5, 5.41) is 3.99. The van der Waals surface area contributed by atoms with Gasteiger partial charge in [0.1, 0.15) is 12.2 Å². The van der Waals surface area contributed by atoms with E-state index in [0.29, 0.717) is 12.3 Å². The van der Waals surface area contributed by atoms with E-state index in [4.69, 9.17) is 13.7 Å². The average Bonchev–Trinajstić information content (AvgIpc) is 3.24. The number of benzene rings is 1. The standard InChI is InChI=1S/C29H41N3O5Si/c1-28(2,3)38(8,9)37-29-21(33)16-15-20(17-31(4)5)23(29)24(32(6)7)25-22(26(29)34)27(30-36-25)35-18-19-13-11-10-12-14-19/h10-16,20,23-24H,17-18H2,1-9H3/t20-,23-,24-,29+/m0/s1. The summed E-state index contributed by atoms with van der Waals surface area (Å²) in [6.07, 6.45) is 3.48. The predicted molar refractivity (Wildman–Crippen MR) is 149 cm³/mol. The van der Waals surface area contributed by atoms with E-state index in [-0.39, 0.29) is 34.8 Å². The largest absolute Gasteiger partial charge is 0.470 e. The Kier molecular flexibility index (Phi) is 7.61. The summed E-state index contributed by atoms with van der Waals surface area (Å²) < 4.78 is 18.9. The molecule has 0 bridgehead atoms. The highest BCUT2D eigenvalue weighted by molar-refractivity contribution is 6.74. The number of hydrogen-bond donors (Lipinski definition) is 0. The Hall–Kier alpha value is -2.59. The van der Waals surface area contributed by atoms with Crippen LogP contribution in [0.2, 0.25) is 18.1 Å². The third-order valence-corrected chi connectivity index (χ3v) is 12.7. The van der Waals surface area contributed by atoms with Crippen LogP contribution in [0.15, 0.2) is 47.0 Å². The monoisotopic (exact) mass is 539 g/mol. The molecule has 0 N–H and O–H groups in total. The minimum Gasteiger partial charge on any atom is -0.470 e. The lowest BCUT2D eigenvalue weighted by Gasteiger charge is -2.54. The summed E-state index contributed by atoms with van der Waals surface area (Å²) in [6, 6.07) is 9.24. The van der Waals surface area contributed by atoms with E-state index in [1.807, 2.05) is 69.5 Å². The van der Waals surface area contributed by atoms with Crippen LogP contribution in [0.3, 0.4) is 0 Å². The van der Waals surface area contributed by atoms with Gasteiger partial charge in [-0.3, -0.25) is 14.5 Å². The SMILES string of the molecule is CN(C)C[C@@H]1C=CC(=O)[C@]2(O[Si](C)(C)C(C)(C)C)C(=O)c3c(OCc4ccccc4)noc3[C@@H](N(C)C)[C@H]12. The molecule has 8 nitrogen and oxygen atoms in total. The quantitative estimate of drug-likeness (QED) is 0.351. The second-order valence-corrected chi connectivity index (χ2v) is 17.2. The average molecular weight is 540 g/mol. The van der Waals surface area contributed by atoms with Gasteiger partial charge in [-0.1, -0.05) is 57.2 Å². The topological polar surface area (TPSA) is 85.1 Å². The maximum Gasteiger partial charge on any atom is 0.265 e. The van der Waals surface area contributed by atoms with E-state index in [1.54, 1.807) is 6.08 Å². The Labute approximate surface area is 227 Å². The van der Waals surface area contributed by atoms with Crippen LogP contribution >= 0.6 is 0 Å². The Bertz CT molecular complexity index is 1210. The Balaban J connectivity index is 1.91. The van der Waals surface area contributed by atoms with Gasteiger partial charge < -0.3 is 18.6 Å². The van der Waals surface area contributed by atoms with E-state index in [9.17, 15) is 9.59 Å². The molecule has 1 aromatic carbocycles. The molecule has 0 amide bonds. The number of ketones is 2. The van der Waals surface area contributed by atoms with Crippen LogP contribution in [-0.4, -0.2) is 75.2 Å². The molecule has 4 rings (SSSR count). The zero-order valence-corrected chi connectivity index (χ0v) is 25.1. The molecule has 0 unspecified atom stereocenters. The van der Waals surface area contributed by atoms with Crippen molar-refractivity contribution in [2.45, 2.75) is 57.2 Å². The summed E-state index contributed by atoms with van der Waals surface area (Å²) in [5.41, 5.74) is -0.553. The van der Waals surface area contributed by atoms with Crippen LogP contribution < -0.4 is 4.74 Å². The van der Waals surface area contributed by atoms with Crippen molar-refractivity contribution in [3.63, 3.8) is 0 Å². The molecular weight excluding hydrogens is 498 g/mol. The first-order valence-electron chi connectivity index (χ1n) is 13.2. The number of carbonyl (C=O) groups is 2. The van der Waals surface area contributed by atoms with Crippen molar-refractivity contribution in [1.82, 2.24) is 15.0 Å². The summed E-state index contributed by atoms with van der Waals surface area (Å²) in [4.78, 5) is 32.8. The number of hydrogen-bond acceptors (Lipinski definition) is 8. The molecule has 2 aliphatic rings. The molecule has 2 aromatic rings. The molecule has 0 spiro atoms. The minimum atomic E-state index is -2.62. The van der Waals surface area contributed by atoms with Gasteiger partial charge in [-0.2, -0.15) is 0 Å². The molecule has 9 heteroatoms. The molecule has 206 valence electrons. The zero-order chi connectivity index (χ0) is 28.0. The minimum absolute atomic E-state index is 0.101. The first kappa shape index (κ1) is 28.4. The Morgan fingerprint density at radius 2 is 1.74 bits per heavy atom. The summed E-state index contributed by atoms with van der Waals surface area (Å²) in [6.45, 7) is 11.4. The molecule has 0 aliphatic heterocycles. The predicted octanol–water partition coefficient (Wildman–Crippen LogP) is 4.75. The molecule has 2 aliphatic carbocycles. The first-order chi connectivity index (χ1) is 17.7. The fourth-order valence-electron chi connectivity index (χ4n) is 5.38. The molecule has 0 saturated carbocycles. The normalized spacial score (nSPS) is 25.6. The van der Waals surface area contributed by atoms with Gasteiger partial charge in [-0.05, 0) is 69.0 Å². The van der Waals surface area contributed by atoms with E-state index >= 15 is 0 Å². The zero-order valence-electron chi connectivity index (χ0n) is 24.1. The molecular formula is C29H41N3O5Si. The maximum atomic E-state index is 14.7. The van der Waals surface area contributed by atoms with Crippen molar-refractivity contribution in [2.75, 3.05) is 34.7 Å². The lowest BCUT2D eigenvalue weighted by Crippen LogP contribution is -2.68. The van der Waals surface area contributed by atoms with Gasteiger partial charge in [-0.25, -0.2) is 0 Å². The van der Waals surface area contributed by atoms with Crippen LogP contribution in [0.5, 0.6) is 5.88 Å². The molecule has 4 atom stereocenters. The highest BCUT2D eigenvalue weighted by Crippen LogP contribution is 2.55. The smallest absolute Gasteiger partial charge is 0.265 e. The van der Waals surface area contributed by atoms with Crippen LogP contribution in [0.1, 0.15) is 48.5 Å². The first-order valence-corrected chi connectivity index (χ1v) is 16.1. The number of aromatic nitrogens is 1. The van der Waals surface area contributed by atoms with E-state index in [1.165, 1.54) is 0 Å². The van der Waals surface area contributed by atoms with Gasteiger partial charge in [0.25, 0.3) is 5.88 Å².